The van der Waals surface area contributed by atoms with Gasteiger partial charge in [-0.2, -0.15) is 0 Å². The number of esters is 1. The average molecular weight is 544 g/mol. The summed E-state index contributed by atoms with van der Waals surface area (Å²) in [4.78, 5) is 54.1. The van der Waals surface area contributed by atoms with Gasteiger partial charge in [0, 0.05) is 30.2 Å². The van der Waals surface area contributed by atoms with Crippen LogP contribution >= 0.6 is 11.8 Å². The number of amides is 3. The number of carbonyl (C=O) groups is 4. The molecule has 5 rings (SSSR count). The summed E-state index contributed by atoms with van der Waals surface area (Å²) in [6.07, 6.45) is 2.45. The Hall–Kier alpha value is -4.11. The SMILES string of the molecule is COC(=O)c1ccc(C)c(-n2c(C)cc(/C=C3\SC(=O)N(CC(=O)N4CCc5ccccc5C4)C3=O)c2C)c1. The van der Waals surface area contributed by atoms with Crippen molar-refractivity contribution in [2.75, 3.05) is 20.2 Å². The minimum Gasteiger partial charge on any atom is -0.465 e. The molecule has 0 unspecified atom stereocenters. The smallest absolute Gasteiger partial charge is 0.337 e. The molecule has 3 heterocycles. The van der Waals surface area contributed by atoms with Gasteiger partial charge in [0.2, 0.25) is 5.91 Å². The Morgan fingerprint density at radius 3 is 2.51 bits per heavy atom. The lowest BCUT2D eigenvalue weighted by molar-refractivity contribution is -0.136. The predicted octanol–water partition coefficient (Wildman–Crippen LogP) is 4.81. The van der Waals surface area contributed by atoms with E-state index in [1.54, 1.807) is 23.1 Å². The van der Waals surface area contributed by atoms with Gasteiger partial charge in [0.05, 0.1) is 17.6 Å². The maximum absolute atomic E-state index is 13.2. The Morgan fingerprint density at radius 2 is 1.77 bits per heavy atom. The molecule has 1 fully saturated rings. The van der Waals surface area contributed by atoms with E-state index in [0.29, 0.717) is 18.7 Å². The number of aryl methyl sites for hydroxylation is 2. The molecule has 39 heavy (non-hydrogen) atoms. The first-order valence-corrected chi connectivity index (χ1v) is 13.5. The fraction of sp³-hybridized carbons (Fsp3) is 0.267. The van der Waals surface area contributed by atoms with E-state index in [9.17, 15) is 19.2 Å². The van der Waals surface area contributed by atoms with Crippen molar-refractivity contribution in [3.63, 3.8) is 0 Å². The third-order valence-electron chi connectivity index (χ3n) is 7.28. The fourth-order valence-electron chi connectivity index (χ4n) is 5.12. The van der Waals surface area contributed by atoms with Gasteiger partial charge in [-0.25, -0.2) is 4.79 Å². The van der Waals surface area contributed by atoms with Crippen LogP contribution in [-0.2, 0) is 27.3 Å². The number of hydrogen-bond acceptors (Lipinski definition) is 6. The molecule has 1 saturated heterocycles. The van der Waals surface area contributed by atoms with Crippen molar-refractivity contribution >= 4 is 40.9 Å². The van der Waals surface area contributed by atoms with Crippen LogP contribution in [0.1, 0.15) is 44.0 Å². The Labute approximate surface area is 231 Å². The molecule has 9 heteroatoms. The van der Waals surface area contributed by atoms with Crippen molar-refractivity contribution in [1.29, 1.82) is 0 Å². The van der Waals surface area contributed by atoms with Crippen molar-refractivity contribution in [3.8, 4) is 5.69 Å². The van der Waals surface area contributed by atoms with Crippen LogP contribution in [0.15, 0.2) is 53.4 Å². The van der Waals surface area contributed by atoms with Crippen molar-refractivity contribution in [2.45, 2.75) is 33.7 Å². The van der Waals surface area contributed by atoms with E-state index in [-0.39, 0.29) is 17.4 Å². The van der Waals surface area contributed by atoms with Gasteiger partial charge >= 0.3 is 5.97 Å². The largest absolute Gasteiger partial charge is 0.465 e. The van der Waals surface area contributed by atoms with Crippen LogP contribution in [-0.4, -0.2) is 57.6 Å². The maximum atomic E-state index is 13.2. The molecule has 2 aromatic carbocycles. The summed E-state index contributed by atoms with van der Waals surface area (Å²) < 4.78 is 6.88. The number of nitrogens with zero attached hydrogens (tertiary/aromatic N) is 3. The summed E-state index contributed by atoms with van der Waals surface area (Å²) >= 11 is 0.843. The molecule has 0 radical (unpaired) electrons. The van der Waals surface area contributed by atoms with Crippen LogP contribution < -0.4 is 0 Å². The molecule has 8 nitrogen and oxygen atoms in total. The second-order valence-corrected chi connectivity index (χ2v) is 10.7. The molecule has 2 aliphatic rings. The summed E-state index contributed by atoms with van der Waals surface area (Å²) in [5, 5.41) is -0.451. The van der Waals surface area contributed by atoms with Crippen LogP contribution in [0.5, 0.6) is 0 Å². The highest BCUT2D eigenvalue weighted by Crippen LogP contribution is 2.34. The molecule has 200 valence electrons. The standard InChI is InChI=1S/C30H29N3O5S/c1-18-9-10-22(29(36)38-4)14-25(18)33-19(2)13-24(20(33)3)15-26-28(35)32(30(37)39-26)17-27(34)31-12-11-21-7-5-6-8-23(21)16-31/h5-10,13-15H,11-12,16-17H2,1-4H3/b26-15-. The lowest BCUT2D eigenvalue weighted by Crippen LogP contribution is -2.44. The molecule has 3 amide bonds. The summed E-state index contributed by atoms with van der Waals surface area (Å²) in [5.74, 6) is -1.13. The van der Waals surface area contributed by atoms with Crippen molar-refractivity contribution in [3.05, 3.63) is 92.6 Å². The van der Waals surface area contributed by atoms with Gasteiger partial charge in [-0.15, -0.1) is 0 Å². The fourth-order valence-corrected chi connectivity index (χ4v) is 5.95. The van der Waals surface area contributed by atoms with Gasteiger partial charge in [0.15, 0.2) is 0 Å². The minimum absolute atomic E-state index is 0.243. The van der Waals surface area contributed by atoms with Crippen LogP contribution in [0.3, 0.4) is 0 Å². The molecule has 3 aromatic rings. The molecule has 0 aliphatic carbocycles. The number of ether oxygens (including phenoxy) is 1. The average Bonchev–Trinajstić information content (AvgIpc) is 3.36. The molecular weight excluding hydrogens is 514 g/mol. The first-order chi connectivity index (χ1) is 18.7. The van der Waals surface area contributed by atoms with Crippen molar-refractivity contribution in [1.82, 2.24) is 14.4 Å². The number of thioether (sulfide) groups is 1. The lowest BCUT2D eigenvalue weighted by Gasteiger charge is -2.29. The number of rotatable bonds is 5. The van der Waals surface area contributed by atoms with E-state index in [1.807, 2.05) is 55.7 Å². The van der Waals surface area contributed by atoms with Crippen LogP contribution in [0.2, 0.25) is 0 Å². The van der Waals surface area contributed by atoms with Crippen LogP contribution in [0, 0.1) is 20.8 Å². The number of imide groups is 1. The lowest BCUT2D eigenvalue weighted by atomic mass is 10.00. The third-order valence-corrected chi connectivity index (χ3v) is 8.19. The van der Waals surface area contributed by atoms with E-state index in [1.165, 1.54) is 12.7 Å². The second-order valence-electron chi connectivity index (χ2n) is 9.76. The van der Waals surface area contributed by atoms with Gasteiger partial charge in [-0.05, 0) is 85.5 Å². The van der Waals surface area contributed by atoms with Crippen molar-refractivity contribution in [2.24, 2.45) is 0 Å². The summed E-state index contributed by atoms with van der Waals surface area (Å²) in [7, 11) is 1.35. The zero-order chi connectivity index (χ0) is 27.8. The number of carbonyl (C=O) groups excluding carboxylic acids is 4. The molecule has 0 N–H and O–H groups in total. The second kappa shape index (κ2) is 10.6. The molecule has 2 aliphatic heterocycles. The quantitative estimate of drug-likeness (QED) is 0.339. The Bertz CT molecular complexity index is 1550. The van der Waals surface area contributed by atoms with E-state index in [0.717, 1.165) is 56.8 Å². The molecule has 1 aromatic heterocycles. The predicted molar refractivity (Wildman–Crippen MR) is 150 cm³/mol. The third kappa shape index (κ3) is 5.02. The van der Waals surface area contributed by atoms with E-state index >= 15 is 0 Å². The summed E-state index contributed by atoms with van der Waals surface area (Å²) in [5.41, 5.74) is 7.09. The molecule has 0 bridgehead atoms. The number of hydrogen-bond donors (Lipinski definition) is 0. The Morgan fingerprint density at radius 1 is 1.03 bits per heavy atom. The zero-order valence-corrected chi connectivity index (χ0v) is 23.1. The van der Waals surface area contributed by atoms with Gasteiger partial charge in [-0.3, -0.25) is 19.3 Å². The van der Waals surface area contributed by atoms with Gasteiger partial charge < -0.3 is 14.2 Å². The van der Waals surface area contributed by atoms with E-state index < -0.39 is 17.1 Å². The molecule has 0 atom stereocenters. The number of fused-ring (bicyclic) bond motifs is 1. The van der Waals surface area contributed by atoms with E-state index in [4.69, 9.17) is 4.74 Å². The number of benzene rings is 2. The Balaban J connectivity index is 1.36. The van der Waals surface area contributed by atoms with Gasteiger partial charge in [0.1, 0.15) is 6.54 Å². The molecule has 0 saturated carbocycles. The number of methoxy groups -OCH3 is 1. The molecule has 0 spiro atoms. The zero-order valence-electron chi connectivity index (χ0n) is 22.3. The van der Waals surface area contributed by atoms with Crippen LogP contribution in [0.4, 0.5) is 4.79 Å². The maximum Gasteiger partial charge on any atom is 0.337 e. The highest BCUT2D eigenvalue weighted by molar-refractivity contribution is 8.18. The normalized spacial score (nSPS) is 16.2. The Kier molecular flexibility index (Phi) is 7.18. The summed E-state index contributed by atoms with van der Waals surface area (Å²) in [6.45, 7) is 6.58. The number of aromatic nitrogens is 1. The minimum atomic E-state index is -0.468. The van der Waals surface area contributed by atoms with E-state index in [2.05, 4.69) is 6.07 Å². The molecular formula is C30H29N3O5S. The highest BCUT2D eigenvalue weighted by Gasteiger charge is 2.37. The summed E-state index contributed by atoms with van der Waals surface area (Å²) in [6, 6.07) is 15.3. The first kappa shape index (κ1) is 26.5. The van der Waals surface area contributed by atoms with Crippen molar-refractivity contribution < 1.29 is 23.9 Å². The van der Waals surface area contributed by atoms with Crippen LogP contribution in [0.25, 0.3) is 11.8 Å². The van der Waals surface area contributed by atoms with Gasteiger partial charge in [0.25, 0.3) is 11.1 Å². The highest BCUT2D eigenvalue weighted by atomic mass is 32.2. The first-order valence-electron chi connectivity index (χ1n) is 12.7. The van der Waals surface area contributed by atoms with Gasteiger partial charge in [-0.1, -0.05) is 30.3 Å². The monoisotopic (exact) mass is 543 g/mol. The topological polar surface area (TPSA) is 88.9 Å².